The number of benzene rings is 1. The molecule has 0 unspecified atom stereocenters. The van der Waals surface area contributed by atoms with Crippen LogP contribution >= 0.6 is 0 Å². The highest BCUT2D eigenvalue weighted by molar-refractivity contribution is 5.96. The summed E-state index contributed by atoms with van der Waals surface area (Å²) in [7, 11) is 0. The third-order valence-corrected chi connectivity index (χ3v) is 5.97. The fourth-order valence-corrected chi connectivity index (χ4v) is 4.09. The summed E-state index contributed by atoms with van der Waals surface area (Å²) in [5.41, 5.74) is 0.876. The minimum absolute atomic E-state index is 0.0243. The van der Waals surface area contributed by atoms with Crippen LogP contribution in [0.2, 0.25) is 0 Å². The Morgan fingerprint density at radius 2 is 1.96 bits per heavy atom. The van der Waals surface area contributed by atoms with Crippen molar-refractivity contribution in [2.75, 3.05) is 19.6 Å². The zero-order valence-electron chi connectivity index (χ0n) is 16.1. The van der Waals surface area contributed by atoms with E-state index in [9.17, 15) is 9.59 Å². The normalized spacial score (nSPS) is 21.4. The molecule has 1 heterocycles. The van der Waals surface area contributed by atoms with Crippen molar-refractivity contribution in [1.82, 2.24) is 10.2 Å². The molecule has 26 heavy (non-hydrogen) atoms. The zero-order valence-corrected chi connectivity index (χ0v) is 16.1. The van der Waals surface area contributed by atoms with E-state index < -0.39 is 0 Å². The van der Waals surface area contributed by atoms with Gasteiger partial charge in [-0.3, -0.25) is 9.59 Å². The number of ether oxygens (including phenoxy) is 1. The van der Waals surface area contributed by atoms with E-state index in [2.05, 4.69) is 12.2 Å². The fraction of sp³-hybridized carbons (Fsp3) is 0.619. The Balaban J connectivity index is 1.50. The molecular weight excluding hydrogens is 328 g/mol. The number of nitrogens with one attached hydrogen (secondary N) is 1. The maximum atomic E-state index is 12.5. The standard InChI is InChI=1S/C21H30N2O3/c1-15(2)26-18-7-5-17(6-8-18)20(25)22-13-19(24)23-12-9-16(3)21(14-23)10-4-11-21/h5-8,15-16H,4,9-14H2,1-3H3,(H,22,25)/t16-/m0/s1. The van der Waals surface area contributed by atoms with E-state index in [4.69, 9.17) is 4.74 Å². The lowest BCUT2D eigenvalue weighted by atomic mass is 9.59. The van der Waals surface area contributed by atoms with E-state index in [-0.39, 0.29) is 24.5 Å². The number of carbonyl (C=O) groups excluding carboxylic acids is 2. The van der Waals surface area contributed by atoms with Crippen molar-refractivity contribution in [3.63, 3.8) is 0 Å². The van der Waals surface area contributed by atoms with Crippen molar-refractivity contribution in [3.05, 3.63) is 29.8 Å². The first-order chi connectivity index (χ1) is 12.4. The molecule has 1 N–H and O–H groups in total. The smallest absolute Gasteiger partial charge is 0.251 e. The van der Waals surface area contributed by atoms with E-state index >= 15 is 0 Å². The zero-order chi connectivity index (χ0) is 18.7. The summed E-state index contributed by atoms with van der Waals surface area (Å²) in [4.78, 5) is 26.8. The molecule has 1 saturated carbocycles. The Kier molecular flexibility index (Phi) is 5.54. The summed E-state index contributed by atoms with van der Waals surface area (Å²) < 4.78 is 5.58. The van der Waals surface area contributed by atoms with Gasteiger partial charge in [-0.15, -0.1) is 0 Å². The van der Waals surface area contributed by atoms with Crippen molar-refractivity contribution in [1.29, 1.82) is 0 Å². The molecule has 2 fully saturated rings. The summed E-state index contributed by atoms with van der Waals surface area (Å²) in [5, 5.41) is 2.76. The maximum absolute atomic E-state index is 12.5. The van der Waals surface area contributed by atoms with E-state index in [1.54, 1.807) is 24.3 Å². The summed E-state index contributed by atoms with van der Waals surface area (Å²) in [6, 6.07) is 7.01. The third kappa shape index (κ3) is 4.02. The van der Waals surface area contributed by atoms with Crippen LogP contribution in [0.15, 0.2) is 24.3 Å². The topological polar surface area (TPSA) is 58.6 Å². The average Bonchev–Trinajstić information content (AvgIpc) is 2.58. The first-order valence-corrected chi connectivity index (χ1v) is 9.72. The molecule has 2 aliphatic rings. The van der Waals surface area contributed by atoms with Gasteiger partial charge in [0.05, 0.1) is 12.6 Å². The molecule has 2 amide bonds. The van der Waals surface area contributed by atoms with Gasteiger partial charge in [-0.05, 0) is 68.7 Å². The number of amides is 2. The molecule has 1 aromatic rings. The van der Waals surface area contributed by atoms with Gasteiger partial charge in [-0.1, -0.05) is 13.3 Å². The largest absolute Gasteiger partial charge is 0.491 e. The Morgan fingerprint density at radius 1 is 1.27 bits per heavy atom. The quantitative estimate of drug-likeness (QED) is 0.879. The lowest BCUT2D eigenvalue weighted by molar-refractivity contribution is -0.138. The Labute approximate surface area is 156 Å². The average molecular weight is 358 g/mol. The Morgan fingerprint density at radius 3 is 2.54 bits per heavy atom. The second kappa shape index (κ2) is 7.68. The lowest BCUT2D eigenvalue weighted by Crippen LogP contribution is -2.54. The molecule has 0 radical (unpaired) electrons. The van der Waals surface area contributed by atoms with E-state index in [1.165, 1.54) is 19.3 Å². The highest BCUT2D eigenvalue weighted by Gasteiger charge is 2.46. The molecule has 3 rings (SSSR count). The highest BCUT2D eigenvalue weighted by atomic mass is 16.5. The number of likely N-dealkylation sites (tertiary alicyclic amines) is 1. The first kappa shape index (κ1) is 18.7. The van der Waals surface area contributed by atoms with Crippen LogP contribution in [-0.2, 0) is 4.79 Å². The van der Waals surface area contributed by atoms with Gasteiger partial charge in [0.1, 0.15) is 5.75 Å². The van der Waals surface area contributed by atoms with E-state index in [0.717, 1.165) is 25.3 Å². The molecule has 0 aromatic heterocycles. The third-order valence-electron chi connectivity index (χ3n) is 5.97. The molecule has 1 aromatic carbocycles. The van der Waals surface area contributed by atoms with E-state index in [0.29, 0.717) is 16.9 Å². The van der Waals surface area contributed by atoms with Crippen LogP contribution in [0.5, 0.6) is 5.75 Å². The van der Waals surface area contributed by atoms with Crippen LogP contribution < -0.4 is 10.1 Å². The molecular formula is C21H30N2O3. The maximum Gasteiger partial charge on any atom is 0.251 e. The molecule has 142 valence electrons. The van der Waals surface area contributed by atoms with Crippen molar-refractivity contribution >= 4 is 11.8 Å². The molecule has 1 saturated heterocycles. The number of piperidine rings is 1. The summed E-state index contributed by atoms with van der Waals surface area (Å²) >= 11 is 0. The van der Waals surface area contributed by atoms with Crippen molar-refractivity contribution in [3.8, 4) is 5.75 Å². The number of hydrogen-bond acceptors (Lipinski definition) is 3. The van der Waals surface area contributed by atoms with Gasteiger partial charge < -0.3 is 15.0 Å². The minimum atomic E-state index is -0.224. The summed E-state index contributed by atoms with van der Waals surface area (Å²) in [6.45, 7) is 7.95. The second-order valence-electron chi connectivity index (χ2n) is 8.09. The number of carbonyl (C=O) groups is 2. The van der Waals surface area contributed by atoms with Crippen LogP contribution in [0.1, 0.15) is 56.8 Å². The predicted molar refractivity (Wildman–Crippen MR) is 101 cm³/mol. The van der Waals surface area contributed by atoms with Gasteiger partial charge in [0, 0.05) is 18.7 Å². The highest BCUT2D eigenvalue weighted by Crippen LogP contribution is 2.50. The molecule has 0 bridgehead atoms. The van der Waals surface area contributed by atoms with Crippen LogP contribution in [-0.4, -0.2) is 42.5 Å². The van der Waals surface area contributed by atoms with Crippen molar-refractivity contribution < 1.29 is 14.3 Å². The lowest BCUT2D eigenvalue weighted by Gasteiger charge is -2.53. The number of rotatable bonds is 5. The molecule has 1 atom stereocenters. The van der Waals surface area contributed by atoms with E-state index in [1.807, 2.05) is 18.7 Å². The van der Waals surface area contributed by atoms with Crippen LogP contribution in [0.4, 0.5) is 0 Å². The monoisotopic (exact) mass is 358 g/mol. The predicted octanol–water partition coefficient (Wildman–Crippen LogP) is 3.24. The molecule has 5 nitrogen and oxygen atoms in total. The van der Waals surface area contributed by atoms with Gasteiger partial charge >= 0.3 is 0 Å². The van der Waals surface area contributed by atoms with Crippen LogP contribution in [0.25, 0.3) is 0 Å². The molecule has 5 heteroatoms. The van der Waals surface area contributed by atoms with Crippen molar-refractivity contribution in [2.45, 2.75) is 52.6 Å². The number of nitrogens with zero attached hydrogens (tertiary/aromatic N) is 1. The molecule has 1 aliphatic heterocycles. The van der Waals surface area contributed by atoms with Gasteiger partial charge in [0.15, 0.2) is 0 Å². The molecule has 1 aliphatic carbocycles. The van der Waals surface area contributed by atoms with Crippen molar-refractivity contribution in [2.24, 2.45) is 11.3 Å². The summed E-state index contributed by atoms with van der Waals surface area (Å²) in [6.07, 6.45) is 4.90. The van der Waals surface area contributed by atoms with Gasteiger partial charge in [0.2, 0.25) is 5.91 Å². The van der Waals surface area contributed by atoms with Crippen LogP contribution in [0.3, 0.4) is 0 Å². The SMILES string of the molecule is CC(C)Oc1ccc(C(=O)NCC(=O)N2CC[C@H](C)C3(CCC3)C2)cc1. The summed E-state index contributed by atoms with van der Waals surface area (Å²) in [5.74, 6) is 1.23. The van der Waals surface area contributed by atoms with Crippen LogP contribution in [0, 0.1) is 11.3 Å². The fourth-order valence-electron chi connectivity index (χ4n) is 4.09. The number of hydrogen-bond donors (Lipinski definition) is 1. The van der Waals surface area contributed by atoms with Gasteiger partial charge in [-0.25, -0.2) is 0 Å². The minimum Gasteiger partial charge on any atom is -0.491 e. The first-order valence-electron chi connectivity index (χ1n) is 9.72. The second-order valence-corrected chi connectivity index (χ2v) is 8.09. The van der Waals surface area contributed by atoms with Gasteiger partial charge in [0.25, 0.3) is 5.91 Å². The van der Waals surface area contributed by atoms with Gasteiger partial charge in [-0.2, -0.15) is 0 Å². The Hall–Kier alpha value is -2.04. The Bertz CT molecular complexity index is 650. The molecule has 1 spiro atoms.